The average molecular weight is 383 g/mol. The van der Waals surface area contributed by atoms with E-state index in [1.54, 1.807) is 24.3 Å². The van der Waals surface area contributed by atoms with Crippen molar-refractivity contribution in [1.29, 1.82) is 0 Å². The molecule has 0 radical (unpaired) electrons. The van der Waals surface area contributed by atoms with Gasteiger partial charge in [0.15, 0.2) is 5.13 Å². The smallest absolute Gasteiger partial charge is 0.308 e. The molecule has 2 aromatic carbocycles. The summed E-state index contributed by atoms with van der Waals surface area (Å²) in [6, 6.07) is 12.4. The molecule has 0 spiro atoms. The van der Waals surface area contributed by atoms with Crippen molar-refractivity contribution in [3.63, 3.8) is 0 Å². The van der Waals surface area contributed by atoms with Gasteiger partial charge in [0.1, 0.15) is 0 Å². The predicted octanol–water partition coefficient (Wildman–Crippen LogP) is 5.36. The van der Waals surface area contributed by atoms with Gasteiger partial charge < -0.3 is 5.32 Å². The van der Waals surface area contributed by atoms with Gasteiger partial charge in [0.2, 0.25) is 0 Å². The fourth-order valence-electron chi connectivity index (χ4n) is 1.79. The molecule has 1 aromatic heterocycles. The number of carbonyl (C=O) groups is 1. The van der Waals surface area contributed by atoms with Crippen molar-refractivity contribution < 1.29 is 4.79 Å². The summed E-state index contributed by atoms with van der Waals surface area (Å²) in [7, 11) is 0. The molecular weight excluding hydrogens is 374 g/mol. The van der Waals surface area contributed by atoms with Crippen molar-refractivity contribution in [2.45, 2.75) is 0 Å². The number of fused-ring (bicyclic) bond motifs is 1. The van der Waals surface area contributed by atoms with E-state index in [4.69, 9.17) is 11.6 Å². The van der Waals surface area contributed by atoms with Gasteiger partial charge in [-0.05, 0) is 46.3 Å². The van der Waals surface area contributed by atoms with Crippen molar-refractivity contribution in [2.75, 3.05) is 10.6 Å². The molecule has 106 valence electrons. The zero-order chi connectivity index (χ0) is 14.8. The number of urea groups is 1. The van der Waals surface area contributed by atoms with Crippen LogP contribution in [0, 0.1) is 0 Å². The first-order chi connectivity index (χ1) is 10.1. The average Bonchev–Trinajstić information content (AvgIpc) is 2.82. The monoisotopic (exact) mass is 381 g/mol. The van der Waals surface area contributed by atoms with Gasteiger partial charge in [-0.3, -0.25) is 5.32 Å². The van der Waals surface area contributed by atoms with Crippen molar-refractivity contribution in [3.05, 3.63) is 52.0 Å². The van der Waals surface area contributed by atoms with Crippen molar-refractivity contribution >= 4 is 65.9 Å². The lowest BCUT2D eigenvalue weighted by atomic mass is 10.3. The molecule has 0 atom stereocenters. The standard InChI is InChI=1S/C14H9BrClN3OS/c15-10-5-2-6-11-12(10)18-14(21-11)19-13(20)17-9-4-1-3-8(16)7-9/h1-7H,(H2,17,18,19,20). The summed E-state index contributed by atoms with van der Waals surface area (Å²) in [5, 5.41) is 6.54. The van der Waals surface area contributed by atoms with E-state index in [1.165, 1.54) is 11.3 Å². The summed E-state index contributed by atoms with van der Waals surface area (Å²) in [6.45, 7) is 0. The Morgan fingerprint density at radius 2 is 2.00 bits per heavy atom. The Balaban J connectivity index is 1.75. The van der Waals surface area contributed by atoms with Crippen LogP contribution in [-0.2, 0) is 0 Å². The molecule has 7 heteroatoms. The van der Waals surface area contributed by atoms with E-state index in [1.807, 2.05) is 18.2 Å². The molecule has 4 nitrogen and oxygen atoms in total. The third-order valence-electron chi connectivity index (χ3n) is 2.67. The summed E-state index contributed by atoms with van der Waals surface area (Å²) in [5.41, 5.74) is 1.46. The van der Waals surface area contributed by atoms with Crippen LogP contribution in [0.1, 0.15) is 0 Å². The molecule has 3 rings (SSSR count). The Bertz CT molecular complexity index is 821. The van der Waals surface area contributed by atoms with Crippen molar-refractivity contribution in [1.82, 2.24) is 4.98 Å². The van der Waals surface area contributed by atoms with E-state index < -0.39 is 0 Å². The highest BCUT2D eigenvalue weighted by Gasteiger charge is 2.09. The minimum atomic E-state index is -0.354. The van der Waals surface area contributed by atoms with Crippen LogP contribution in [0.2, 0.25) is 5.02 Å². The van der Waals surface area contributed by atoms with Crippen LogP contribution in [0.3, 0.4) is 0 Å². The van der Waals surface area contributed by atoms with Crippen molar-refractivity contribution in [2.24, 2.45) is 0 Å². The first-order valence-electron chi connectivity index (χ1n) is 6.00. The number of benzene rings is 2. The molecule has 3 aromatic rings. The first-order valence-corrected chi connectivity index (χ1v) is 7.99. The summed E-state index contributed by atoms with van der Waals surface area (Å²) in [5.74, 6) is 0. The summed E-state index contributed by atoms with van der Waals surface area (Å²) in [4.78, 5) is 16.3. The van der Waals surface area contributed by atoms with Gasteiger partial charge in [-0.25, -0.2) is 9.78 Å². The molecule has 2 amide bonds. The van der Waals surface area contributed by atoms with Crippen LogP contribution >= 0.6 is 38.9 Å². The molecule has 0 fully saturated rings. The maximum absolute atomic E-state index is 11.9. The van der Waals surface area contributed by atoms with Gasteiger partial charge in [0.05, 0.1) is 10.2 Å². The second-order valence-corrected chi connectivity index (χ2v) is 6.52. The minimum absolute atomic E-state index is 0.354. The number of carbonyl (C=O) groups excluding carboxylic acids is 1. The SMILES string of the molecule is O=C(Nc1cccc(Cl)c1)Nc1nc2c(Br)cccc2s1. The van der Waals surface area contributed by atoms with Gasteiger partial charge in [-0.1, -0.05) is 35.1 Å². The van der Waals surface area contributed by atoms with Crippen LogP contribution in [-0.4, -0.2) is 11.0 Å². The Kier molecular flexibility index (Phi) is 4.10. The number of nitrogens with zero attached hydrogens (tertiary/aromatic N) is 1. The highest BCUT2D eigenvalue weighted by molar-refractivity contribution is 9.10. The summed E-state index contributed by atoms with van der Waals surface area (Å²) >= 11 is 10.7. The number of anilines is 2. The topological polar surface area (TPSA) is 54.0 Å². The number of hydrogen-bond acceptors (Lipinski definition) is 3. The number of thiazole rings is 1. The molecule has 2 N–H and O–H groups in total. The lowest BCUT2D eigenvalue weighted by Crippen LogP contribution is -2.19. The predicted molar refractivity (Wildman–Crippen MR) is 91.4 cm³/mol. The van der Waals surface area contributed by atoms with E-state index in [0.29, 0.717) is 15.8 Å². The van der Waals surface area contributed by atoms with E-state index in [0.717, 1.165) is 14.7 Å². The number of nitrogens with one attached hydrogen (secondary N) is 2. The fourth-order valence-corrected chi connectivity index (χ4v) is 3.46. The Morgan fingerprint density at radius 1 is 1.19 bits per heavy atom. The normalized spacial score (nSPS) is 10.6. The molecule has 0 unspecified atom stereocenters. The second-order valence-electron chi connectivity index (χ2n) is 4.20. The third kappa shape index (κ3) is 3.34. The number of para-hydroxylation sites is 1. The van der Waals surface area contributed by atoms with Crippen LogP contribution < -0.4 is 10.6 Å². The highest BCUT2D eigenvalue weighted by Crippen LogP contribution is 2.30. The zero-order valence-electron chi connectivity index (χ0n) is 10.6. The van der Waals surface area contributed by atoms with Crippen molar-refractivity contribution in [3.8, 4) is 0 Å². The molecule has 0 saturated heterocycles. The van der Waals surface area contributed by atoms with Gasteiger partial charge in [-0.15, -0.1) is 0 Å². The quantitative estimate of drug-likeness (QED) is 0.627. The van der Waals surface area contributed by atoms with E-state index in [2.05, 4.69) is 31.5 Å². The fraction of sp³-hybridized carbons (Fsp3) is 0. The van der Waals surface area contributed by atoms with Crippen LogP contribution in [0.4, 0.5) is 15.6 Å². The van der Waals surface area contributed by atoms with Crippen LogP contribution in [0.5, 0.6) is 0 Å². The molecule has 0 aliphatic rings. The van der Waals surface area contributed by atoms with Gasteiger partial charge >= 0.3 is 6.03 Å². The Morgan fingerprint density at radius 3 is 2.76 bits per heavy atom. The summed E-state index contributed by atoms with van der Waals surface area (Å²) in [6.07, 6.45) is 0. The minimum Gasteiger partial charge on any atom is -0.308 e. The Labute approximate surface area is 138 Å². The number of halogens is 2. The van der Waals surface area contributed by atoms with E-state index >= 15 is 0 Å². The van der Waals surface area contributed by atoms with E-state index in [9.17, 15) is 4.79 Å². The molecular formula is C14H9BrClN3OS. The van der Waals surface area contributed by atoms with Gasteiger partial charge in [-0.2, -0.15) is 0 Å². The van der Waals surface area contributed by atoms with E-state index in [-0.39, 0.29) is 6.03 Å². The number of amides is 2. The van der Waals surface area contributed by atoms with Gasteiger partial charge in [0.25, 0.3) is 0 Å². The second kappa shape index (κ2) is 6.01. The van der Waals surface area contributed by atoms with Crippen LogP contribution in [0.25, 0.3) is 10.2 Å². The summed E-state index contributed by atoms with van der Waals surface area (Å²) < 4.78 is 1.90. The Hall–Kier alpha value is -1.63. The largest absolute Gasteiger partial charge is 0.325 e. The highest BCUT2D eigenvalue weighted by atomic mass is 79.9. The zero-order valence-corrected chi connectivity index (χ0v) is 13.7. The van der Waals surface area contributed by atoms with Crippen LogP contribution in [0.15, 0.2) is 46.9 Å². The van der Waals surface area contributed by atoms with Gasteiger partial charge in [0, 0.05) is 15.2 Å². The number of rotatable bonds is 2. The molecule has 0 aliphatic heterocycles. The maximum Gasteiger partial charge on any atom is 0.325 e. The first kappa shape index (κ1) is 14.3. The lowest BCUT2D eigenvalue weighted by Gasteiger charge is -2.05. The third-order valence-corrected chi connectivity index (χ3v) is 4.48. The lowest BCUT2D eigenvalue weighted by molar-refractivity contribution is 0.262. The molecule has 0 saturated carbocycles. The molecule has 21 heavy (non-hydrogen) atoms. The maximum atomic E-state index is 11.9. The molecule has 0 bridgehead atoms. The molecule has 1 heterocycles. The number of hydrogen-bond donors (Lipinski definition) is 2. The molecule has 0 aliphatic carbocycles. The number of aromatic nitrogens is 1.